The van der Waals surface area contributed by atoms with Gasteiger partial charge in [-0.15, -0.1) is 0 Å². The molecule has 0 fully saturated rings. The van der Waals surface area contributed by atoms with Gasteiger partial charge >= 0.3 is 5.97 Å². The van der Waals surface area contributed by atoms with Crippen molar-refractivity contribution in [2.24, 2.45) is 7.05 Å². The third-order valence-electron chi connectivity index (χ3n) is 4.27. The van der Waals surface area contributed by atoms with Crippen molar-refractivity contribution in [3.05, 3.63) is 69.8 Å². The van der Waals surface area contributed by atoms with Crippen LogP contribution in [0.25, 0.3) is 0 Å². The summed E-state index contributed by atoms with van der Waals surface area (Å²) < 4.78 is 18.5. The fourth-order valence-corrected chi connectivity index (χ4v) is 3.10. The molecule has 0 aliphatic rings. The summed E-state index contributed by atoms with van der Waals surface area (Å²) in [7, 11) is 4.84. The Morgan fingerprint density at radius 2 is 1.93 bits per heavy atom. The monoisotopic (exact) mass is 461 g/mol. The van der Waals surface area contributed by atoms with E-state index in [1.807, 2.05) is 7.05 Å². The maximum Gasteiger partial charge on any atom is 0.337 e. The van der Waals surface area contributed by atoms with Crippen LogP contribution in [-0.4, -0.2) is 40.7 Å². The number of ether oxygens (including phenoxy) is 2. The number of carbonyl (C=O) groups is 2. The third-order valence-corrected chi connectivity index (χ3v) is 4.94. The van der Waals surface area contributed by atoms with E-state index in [1.54, 1.807) is 59.2 Å². The molecule has 0 unspecified atom stereocenters. The summed E-state index contributed by atoms with van der Waals surface area (Å²) in [6.07, 6.45) is 1.69. The number of halogens is 1. The summed E-state index contributed by atoms with van der Waals surface area (Å²) in [5, 5.41) is 4.14. The third kappa shape index (κ3) is 4.86. The molecule has 1 aromatic carbocycles. The highest BCUT2D eigenvalue weighted by Gasteiger charge is 2.19. The average Bonchev–Trinajstić information content (AvgIpc) is 3.33. The number of furan rings is 1. The molecule has 9 heteroatoms. The van der Waals surface area contributed by atoms with E-state index in [1.165, 1.54) is 7.11 Å². The molecule has 3 rings (SSSR count). The summed E-state index contributed by atoms with van der Waals surface area (Å²) in [6.45, 7) is 0.539. The molecule has 0 bridgehead atoms. The fraction of sp³-hybridized carbons (Fsp3) is 0.250. The van der Waals surface area contributed by atoms with E-state index in [9.17, 15) is 9.59 Å². The summed E-state index contributed by atoms with van der Waals surface area (Å²) in [5.41, 5.74) is 1.32. The maximum absolute atomic E-state index is 12.6. The van der Waals surface area contributed by atoms with Crippen LogP contribution >= 0.6 is 15.9 Å². The van der Waals surface area contributed by atoms with E-state index in [4.69, 9.17) is 9.15 Å². The first-order chi connectivity index (χ1) is 13.9. The number of hydrogen-bond donors (Lipinski definition) is 0. The van der Waals surface area contributed by atoms with Crippen molar-refractivity contribution in [1.82, 2.24) is 14.7 Å². The molecule has 3 aromatic rings. The number of rotatable bonds is 7. The van der Waals surface area contributed by atoms with Crippen molar-refractivity contribution in [2.75, 3.05) is 14.2 Å². The van der Waals surface area contributed by atoms with Gasteiger partial charge in [0.15, 0.2) is 5.76 Å². The van der Waals surface area contributed by atoms with Crippen LogP contribution in [0.2, 0.25) is 0 Å². The second kappa shape index (κ2) is 8.95. The van der Waals surface area contributed by atoms with Gasteiger partial charge in [0.2, 0.25) is 0 Å². The summed E-state index contributed by atoms with van der Waals surface area (Å²) in [5.74, 6) is 0.658. The molecule has 0 spiro atoms. The van der Waals surface area contributed by atoms with Crippen molar-refractivity contribution < 1.29 is 23.5 Å². The van der Waals surface area contributed by atoms with Gasteiger partial charge in [-0.25, -0.2) is 4.79 Å². The lowest BCUT2D eigenvalue weighted by Gasteiger charge is -2.16. The number of methoxy groups -OCH3 is 1. The first-order valence-corrected chi connectivity index (χ1v) is 9.50. The number of aromatic nitrogens is 2. The van der Waals surface area contributed by atoms with E-state index in [2.05, 4.69) is 25.8 Å². The van der Waals surface area contributed by atoms with Crippen molar-refractivity contribution in [2.45, 2.75) is 13.2 Å². The topological polar surface area (TPSA) is 86.8 Å². The van der Waals surface area contributed by atoms with Crippen molar-refractivity contribution in [3.8, 4) is 5.75 Å². The van der Waals surface area contributed by atoms with Crippen LogP contribution in [0, 0.1) is 0 Å². The van der Waals surface area contributed by atoms with Crippen molar-refractivity contribution >= 4 is 27.8 Å². The van der Waals surface area contributed by atoms with Gasteiger partial charge in [-0.1, -0.05) is 0 Å². The fourth-order valence-electron chi connectivity index (χ4n) is 2.63. The second-order valence-electron chi connectivity index (χ2n) is 6.29. The van der Waals surface area contributed by atoms with Gasteiger partial charge in [-0.2, -0.15) is 5.10 Å². The normalized spacial score (nSPS) is 10.6. The molecule has 0 aliphatic carbocycles. The number of esters is 1. The number of amides is 1. The number of nitrogens with zero attached hydrogens (tertiary/aromatic N) is 3. The zero-order chi connectivity index (χ0) is 21.0. The highest BCUT2D eigenvalue weighted by molar-refractivity contribution is 9.10. The molecule has 0 saturated heterocycles. The summed E-state index contributed by atoms with van der Waals surface area (Å²) in [6, 6.07) is 9.88. The van der Waals surface area contributed by atoms with Crippen LogP contribution in [0.5, 0.6) is 5.75 Å². The smallest absolute Gasteiger partial charge is 0.337 e. The quantitative estimate of drug-likeness (QED) is 0.501. The molecule has 0 atom stereocenters. The molecular formula is C20H20BrN3O5. The Hall–Kier alpha value is -3.07. The Bertz CT molecular complexity index is 990. The SMILES string of the molecule is COC(=O)c1ccc(OCc2ccc(C(=O)N(C)Cc3c(Br)cnn3C)o2)cc1. The van der Waals surface area contributed by atoms with Gasteiger partial charge in [0.05, 0.1) is 35.6 Å². The highest BCUT2D eigenvalue weighted by atomic mass is 79.9. The maximum atomic E-state index is 12.6. The van der Waals surface area contributed by atoms with Gasteiger partial charge in [-0.05, 0) is 52.3 Å². The van der Waals surface area contributed by atoms with Gasteiger partial charge in [0.25, 0.3) is 5.91 Å². The standard InChI is InChI=1S/C20H20BrN3O5/c1-23(11-17-16(21)10-22-24(17)2)19(25)18-9-8-15(29-18)12-28-14-6-4-13(5-7-14)20(26)27-3/h4-10H,11-12H2,1-3H3. The van der Waals surface area contributed by atoms with E-state index in [0.29, 0.717) is 23.6 Å². The number of hydrogen-bond acceptors (Lipinski definition) is 6. The Morgan fingerprint density at radius 1 is 1.21 bits per heavy atom. The minimum absolute atomic E-state index is 0.155. The molecule has 2 heterocycles. The van der Waals surface area contributed by atoms with Gasteiger partial charge < -0.3 is 18.8 Å². The molecule has 0 saturated carbocycles. The van der Waals surface area contributed by atoms with Crippen LogP contribution in [0.1, 0.15) is 32.4 Å². The average molecular weight is 462 g/mol. The highest BCUT2D eigenvalue weighted by Crippen LogP contribution is 2.19. The van der Waals surface area contributed by atoms with E-state index < -0.39 is 5.97 Å². The largest absolute Gasteiger partial charge is 0.486 e. The predicted octanol–water partition coefficient (Wildman–Crippen LogP) is 3.41. The molecule has 0 aliphatic heterocycles. The Balaban J connectivity index is 1.58. The lowest BCUT2D eigenvalue weighted by Crippen LogP contribution is -2.27. The lowest BCUT2D eigenvalue weighted by atomic mass is 10.2. The predicted molar refractivity (Wildman–Crippen MR) is 108 cm³/mol. The van der Waals surface area contributed by atoms with Crippen molar-refractivity contribution in [1.29, 1.82) is 0 Å². The first kappa shape index (κ1) is 20.7. The van der Waals surface area contributed by atoms with Gasteiger partial charge in [0, 0.05) is 14.1 Å². The summed E-state index contributed by atoms with van der Waals surface area (Å²) in [4.78, 5) is 25.6. The Morgan fingerprint density at radius 3 is 2.55 bits per heavy atom. The Kier molecular flexibility index (Phi) is 6.38. The van der Waals surface area contributed by atoms with Crippen LogP contribution in [-0.2, 0) is 24.9 Å². The molecule has 2 aromatic heterocycles. The molecular weight excluding hydrogens is 442 g/mol. The van der Waals surface area contributed by atoms with Gasteiger partial charge in [-0.3, -0.25) is 9.48 Å². The lowest BCUT2D eigenvalue weighted by molar-refractivity contribution is 0.0600. The molecule has 152 valence electrons. The van der Waals surface area contributed by atoms with Crippen molar-refractivity contribution in [3.63, 3.8) is 0 Å². The van der Waals surface area contributed by atoms with Crippen LogP contribution in [0.4, 0.5) is 0 Å². The second-order valence-corrected chi connectivity index (χ2v) is 7.15. The van der Waals surface area contributed by atoms with Crippen LogP contribution in [0.15, 0.2) is 51.5 Å². The molecule has 29 heavy (non-hydrogen) atoms. The summed E-state index contributed by atoms with van der Waals surface area (Å²) >= 11 is 3.43. The molecule has 0 radical (unpaired) electrons. The Labute approximate surface area is 176 Å². The van der Waals surface area contributed by atoms with Gasteiger partial charge in [0.1, 0.15) is 18.1 Å². The molecule has 0 N–H and O–H groups in total. The zero-order valence-corrected chi connectivity index (χ0v) is 17.8. The van der Waals surface area contributed by atoms with Crippen LogP contribution in [0.3, 0.4) is 0 Å². The number of carbonyl (C=O) groups excluding carboxylic acids is 2. The minimum atomic E-state index is -0.409. The zero-order valence-electron chi connectivity index (χ0n) is 16.2. The molecule has 8 nitrogen and oxygen atoms in total. The first-order valence-electron chi connectivity index (χ1n) is 8.70. The molecule has 1 amide bonds. The van der Waals surface area contributed by atoms with E-state index in [0.717, 1.165) is 10.2 Å². The van der Waals surface area contributed by atoms with E-state index in [-0.39, 0.29) is 18.3 Å². The van der Waals surface area contributed by atoms with E-state index >= 15 is 0 Å². The van der Waals surface area contributed by atoms with Crippen LogP contribution < -0.4 is 4.74 Å². The minimum Gasteiger partial charge on any atom is -0.486 e. The number of aryl methyl sites for hydroxylation is 1. The number of benzene rings is 1.